The van der Waals surface area contributed by atoms with E-state index in [1.54, 1.807) is 0 Å². The maximum Gasteiger partial charge on any atom is 0.191 e. The van der Waals surface area contributed by atoms with E-state index >= 15 is 0 Å². The molecule has 5 nitrogen and oxygen atoms in total. The minimum Gasteiger partial charge on any atom is -0.379 e. The zero-order valence-electron chi connectivity index (χ0n) is 14.3. The highest BCUT2D eigenvalue weighted by molar-refractivity contribution is 14.0. The standard InChI is InChI=1S/C16H32N4O.HI/c1-13(20-9-10-21-12-14(20)2)11-18-16(17-3)19-15-7-5-4-6-8-15;/h13-15H,4-12H2,1-3H3,(H2,17,18,19);1H. The Morgan fingerprint density at radius 2 is 2.05 bits per heavy atom. The molecule has 0 aromatic carbocycles. The van der Waals surface area contributed by atoms with Gasteiger partial charge in [-0.3, -0.25) is 9.89 Å². The average molecular weight is 424 g/mol. The Morgan fingerprint density at radius 3 is 2.68 bits per heavy atom. The van der Waals surface area contributed by atoms with Crippen molar-refractivity contribution < 1.29 is 4.74 Å². The summed E-state index contributed by atoms with van der Waals surface area (Å²) < 4.78 is 5.51. The Hall–Kier alpha value is -0.0800. The second kappa shape index (κ2) is 10.6. The van der Waals surface area contributed by atoms with Gasteiger partial charge in [-0.25, -0.2) is 0 Å². The van der Waals surface area contributed by atoms with Crippen molar-refractivity contribution in [1.82, 2.24) is 15.5 Å². The lowest BCUT2D eigenvalue weighted by atomic mass is 9.96. The van der Waals surface area contributed by atoms with Gasteiger partial charge in [0.1, 0.15) is 0 Å². The number of nitrogens with one attached hydrogen (secondary N) is 2. The van der Waals surface area contributed by atoms with Crippen LogP contribution in [0.15, 0.2) is 4.99 Å². The first-order valence-electron chi connectivity index (χ1n) is 8.51. The van der Waals surface area contributed by atoms with Crippen molar-refractivity contribution >= 4 is 29.9 Å². The van der Waals surface area contributed by atoms with Gasteiger partial charge in [0.15, 0.2) is 5.96 Å². The van der Waals surface area contributed by atoms with E-state index in [0.717, 1.165) is 32.3 Å². The van der Waals surface area contributed by atoms with Crippen LogP contribution in [-0.2, 0) is 4.74 Å². The number of halogens is 1. The third-order valence-corrected chi connectivity index (χ3v) is 4.72. The van der Waals surface area contributed by atoms with E-state index in [1.807, 2.05) is 7.05 Å². The summed E-state index contributed by atoms with van der Waals surface area (Å²) in [6, 6.07) is 1.60. The number of rotatable bonds is 4. The van der Waals surface area contributed by atoms with Crippen LogP contribution in [0.2, 0.25) is 0 Å². The van der Waals surface area contributed by atoms with Crippen LogP contribution in [0, 0.1) is 0 Å². The first-order chi connectivity index (χ1) is 10.2. The topological polar surface area (TPSA) is 48.9 Å². The molecule has 0 radical (unpaired) electrons. The van der Waals surface area contributed by atoms with Crippen LogP contribution in [0.1, 0.15) is 46.0 Å². The molecule has 2 unspecified atom stereocenters. The number of hydrogen-bond donors (Lipinski definition) is 2. The molecule has 130 valence electrons. The van der Waals surface area contributed by atoms with Crippen LogP contribution < -0.4 is 10.6 Å². The molecule has 1 saturated carbocycles. The van der Waals surface area contributed by atoms with Gasteiger partial charge in [0.2, 0.25) is 0 Å². The van der Waals surface area contributed by atoms with Crippen molar-refractivity contribution in [1.29, 1.82) is 0 Å². The predicted octanol–water partition coefficient (Wildman–Crippen LogP) is 2.21. The van der Waals surface area contributed by atoms with E-state index in [9.17, 15) is 0 Å². The van der Waals surface area contributed by atoms with Gasteiger partial charge in [-0.1, -0.05) is 19.3 Å². The van der Waals surface area contributed by atoms with Crippen molar-refractivity contribution in [3.63, 3.8) is 0 Å². The Morgan fingerprint density at radius 1 is 1.32 bits per heavy atom. The molecule has 22 heavy (non-hydrogen) atoms. The number of aliphatic imine (C=N–C) groups is 1. The quantitative estimate of drug-likeness (QED) is 0.413. The highest BCUT2D eigenvalue weighted by Crippen LogP contribution is 2.17. The molecule has 0 aromatic rings. The molecule has 1 aliphatic heterocycles. The van der Waals surface area contributed by atoms with Crippen LogP contribution in [-0.4, -0.2) is 62.3 Å². The van der Waals surface area contributed by atoms with Gasteiger partial charge in [-0.05, 0) is 26.7 Å². The fourth-order valence-electron chi connectivity index (χ4n) is 3.39. The Labute approximate surface area is 152 Å². The molecule has 1 heterocycles. The van der Waals surface area contributed by atoms with Gasteiger partial charge in [-0.2, -0.15) is 0 Å². The van der Waals surface area contributed by atoms with E-state index in [4.69, 9.17) is 4.74 Å². The van der Waals surface area contributed by atoms with Crippen LogP contribution in [0.4, 0.5) is 0 Å². The van der Waals surface area contributed by atoms with Gasteiger partial charge in [0.05, 0.1) is 13.2 Å². The van der Waals surface area contributed by atoms with Gasteiger partial charge < -0.3 is 15.4 Å². The van der Waals surface area contributed by atoms with Crippen LogP contribution in [0.25, 0.3) is 0 Å². The summed E-state index contributed by atoms with van der Waals surface area (Å²) in [5.41, 5.74) is 0. The smallest absolute Gasteiger partial charge is 0.191 e. The lowest BCUT2D eigenvalue weighted by Crippen LogP contribution is -2.53. The number of hydrogen-bond acceptors (Lipinski definition) is 3. The second-order valence-electron chi connectivity index (χ2n) is 6.44. The number of guanidine groups is 1. The number of morpholine rings is 1. The maximum absolute atomic E-state index is 5.51. The molecule has 0 spiro atoms. The molecule has 2 rings (SSSR count). The molecular formula is C16H33IN4O. The fraction of sp³-hybridized carbons (Fsp3) is 0.938. The highest BCUT2D eigenvalue weighted by Gasteiger charge is 2.23. The van der Waals surface area contributed by atoms with Gasteiger partial charge in [-0.15, -0.1) is 24.0 Å². The van der Waals surface area contributed by atoms with Gasteiger partial charge >= 0.3 is 0 Å². The Bertz CT molecular complexity index is 334. The molecule has 6 heteroatoms. The molecule has 2 atom stereocenters. The monoisotopic (exact) mass is 424 g/mol. The molecule has 2 aliphatic rings. The molecule has 0 bridgehead atoms. The minimum absolute atomic E-state index is 0. The summed E-state index contributed by atoms with van der Waals surface area (Å²) in [5.74, 6) is 0.953. The van der Waals surface area contributed by atoms with Crippen molar-refractivity contribution in [3.05, 3.63) is 0 Å². The maximum atomic E-state index is 5.51. The number of nitrogens with zero attached hydrogens (tertiary/aromatic N) is 2. The molecule has 2 fully saturated rings. The fourth-order valence-corrected chi connectivity index (χ4v) is 3.39. The van der Waals surface area contributed by atoms with Crippen molar-refractivity contribution in [2.24, 2.45) is 4.99 Å². The third kappa shape index (κ3) is 6.20. The molecule has 0 amide bonds. The summed E-state index contributed by atoms with van der Waals surface area (Å²) in [7, 11) is 1.86. The Balaban J connectivity index is 0.00000242. The summed E-state index contributed by atoms with van der Waals surface area (Å²) in [4.78, 5) is 6.89. The third-order valence-electron chi connectivity index (χ3n) is 4.72. The van der Waals surface area contributed by atoms with Gasteiger partial charge in [0.25, 0.3) is 0 Å². The van der Waals surface area contributed by atoms with E-state index in [1.165, 1.54) is 32.1 Å². The zero-order chi connectivity index (χ0) is 15.1. The predicted molar refractivity (Wildman–Crippen MR) is 103 cm³/mol. The Kier molecular flexibility index (Phi) is 9.66. The zero-order valence-corrected chi connectivity index (χ0v) is 16.6. The first kappa shape index (κ1) is 20.0. The summed E-state index contributed by atoms with van der Waals surface area (Å²) in [6.07, 6.45) is 6.62. The van der Waals surface area contributed by atoms with Crippen molar-refractivity contribution in [2.45, 2.75) is 64.1 Å². The van der Waals surface area contributed by atoms with Gasteiger partial charge in [0, 0.05) is 38.3 Å². The summed E-state index contributed by atoms with van der Waals surface area (Å²) in [5, 5.41) is 7.06. The van der Waals surface area contributed by atoms with E-state index in [-0.39, 0.29) is 24.0 Å². The van der Waals surface area contributed by atoms with E-state index < -0.39 is 0 Å². The SMILES string of the molecule is CN=C(NCC(C)N1CCOCC1C)NC1CCCCC1.I. The lowest BCUT2D eigenvalue weighted by molar-refractivity contribution is -0.0174. The van der Waals surface area contributed by atoms with Crippen molar-refractivity contribution in [2.75, 3.05) is 33.4 Å². The largest absolute Gasteiger partial charge is 0.379 e. The lowest BCUT2D eigenvalue weighted by Gasteiger charge is -2.38. The van der Waals surface area contributed by atoms with Crippen LogP contribution >= 0.6 is 24.0 Å². The van der Waals surface area contributed by atoms with Crippen molar-refractivity contribution in [3.8, 4) is 0 Å². The van der Waals surface area contributed by atoms with E-state index in [0.29, 0.717) is 18.1 Å². The van der Waals surface area contributed by atoms with Crippen LogP contribution in [0.5, 0.6) is 0 Å². The average Bonchev–Trinajstić information content (AvgIpc) is 2.52. The molecule has 1 saturated heterocycles. The molecular weight excluding hydrogens is 391 g/mol. The second-order valence-corrected chi connectivity index (χ2v) is 6.44. The molecule has 0 aromatic heterocycles. The molecule has 1 aliphatic carbocycles. The number of ether oxygens (including phenoxy) is 1. The van der Waals surface area contributed by atoms with Crippen LogP contribution in [0.3, 0.4) is 0 Å². The van der Waals surface area contributed by atoms with E-state index in [2.05, 4.69) is 34.4 Å². The first-order valence-corrected chi connectivity index (χ1v) is 8.51. The minimum atomic E-state index is 0. The summed E-state index contributed by atoms with van der Waals surface area (Å²) >= 11 is 0. The molecule has 2 N–H and O–H groups in total. The normalized spacial score (nSPS) is 26.1. The highest BCUT2D eigenvalue weighted by atomic mass is 127. The summed E-state index contributed by atoms with van der Waals surface area (Å²) in [6.45, 7) is 8.17.